The summed E-state index contributed by atoms with van der Waals surface area (Å²) in [6.45, 7) is 2.93. The maximum Gasteiger partial charge on any atom is 0.277 e. The third-order valence-corrected chi connectivity index (χ3v) is 5.06. The van der Waals surface area contributed by atoms with Crippen molar-refractivity contribution >= 4 is 11.6 Å². The van der Waals surface area contributed by atoms with E-state index in [0.29, 0.717) is 12.4 Å². The van der Waals surface area contributed by atoms with Gasteiger partial charge in [0.25, 0.3) is 5.91 Å². The zero-order valence-electron chi connectivity index (χ0n) is 15.6. The number of aromatic nitrogens is 3. The summed E-state index contributed by atoms with van der Waals surface area (Å²) < 4.78 is 26.7. The van der Waals surface area contributed by atoms with Crippen molar-refractivity contribution in [3.05, 3.63) is 35.9 Å². The normalized spacial score (nSPS) is 20.2. The van der Waals surface area contributed by atoms with E-state index in [0.717, 1.165) is 45.4 Å². The largest absolute Gasteiger partial charge is 0.489 e. The van der Waals surface area contributed by atoms with Gasteiger partial charge in [0.2, 0.25) is 0 Å². The molecule has 1 atom stereocenters. The standard InChI is InChI=1S/C19H24FN5O3/c20-13-3-4-18(28-12-15-2-1-9-27-15)16(10-13)22-19(26)17-11-25(24-23-17)14-5-7-21-8-6-14/h3-4,10-11,14-15,21H,1-2,5-9,12H2,(H,22,26). The molecule has 1 unspecified atom stereocenters. The molecule has 2 saturated heterocycles. The van der Waals surface area contributed by atoms with Gasteiger partial charge in [0.05, 0.1) is 24.0 Å². The molecule has 8 nitrogen and oxygen atoms in total. The van der Waals surface area contributed by atoms with Gasteiger partial charge in [-0.3, -0.25) is 4.79 Å². The number of anilines is 1. The lowest BCUT2D eigenvalue weighted by Crippen LogP contribution is -2.29. The Hall–Kier alpha value is -2.52. The summed E-state index contributed by atoms with van der Waals surface area (Å²) >= 11 is 0. The van der Waals surface area contributed by atoms with Crippen molar-refractivity contribution in [1.82, 2.24) is 20.3 Å². The van der Waals surface area contributed by atoms with E-state index in [1.54, 1.807) is 10.9 Å². The van der Waals surface area contributed by atoms with Crippen LogP contribution in [0.4, 0.5) is 10.1 Å². The number of carbonyl (C=O) groups excluding carboxylic acids is 1. The van der Waals surface area contributed by atoms with Crippen molar-refractivity contribution in [3.63, 3.8) is 0 Å². The molecule has 1 amide bonds. The minimum absolute atomic E-state index is 0.0264. The van der Waals surface area contributed by atoms with E-state index < -0.39 is 11.7 Å². The molecule has 1 aromatic heterocycles. The second-order valence-corrected chi connectivity index (χ2v) is 7.11. The topological polar surface area (TPSA) is 90.3 Å². The summed E-state index contributed by atoms with van der Waals surface area (Å²) in [6.07, 6.45) is 5.48. The first-order valence-electron chi connectivity index (χ1n) is 9.67. The first kappa shape index (κ1) is 18.8. The Morgan fingerprint density at radius 3 is 3.00 bits per heavy atom. The molecule has 9 heteroatoms. The Kier molecular flexibility index (Phi) is 5.82. The highest BCUT2D eigenvalue weighted by Gasteiger charge is 2.21. The van der Waals surface area contributed by atoms with Gasteiger partial charge in [0.1, 0.15) is 18.2 Å². The molecule has 4 rings (SSSR count). The molecule has 0 radical (unpaired) electrons. The quantitative estimate of drug-likeness (QED) is 0.787. The van der Waals surface area contributed by atoms with Gasteiger partial charge in [-0.05, 0) is 50.9 Å². The zero-order chi connectivity index (χ0) is 19.3. The average Bonchev–Trinajstić information content (AvgIpc) is 3.40. The molecular formula is C19H24FN5O3. The van der Waals surface area contributed by atoms with Crippen LogP contribution < -0.4 is 15.4 Å². The SMILES string of the molecule is O=C(Nc1cc(F)ccc1OCC1CCCO1)c1cn(C2CCNCC2)nn1. The summed E-state index contributed by atoms with van der Waals surface area (Å²) in [6, 6.07) is 4.27. The Bertz CT molecular complexity index is 816. The zero-order valence-corrected chi connectivity index (χ0v) is 15.6. The van der Waals surface area contributed by atoms with E-state index in [1.165, 1.54) is 18.2 Å². The van der Waals surface area contributed by atoms with Crippen LogP contribution in [0.15, 0.2) is 24.4 Å². The number of nitrogens with zero attached hydrogens (tertiary/aromatic N) is 3. The molecule has 0 spiro atoms. The highest BCUT2D eigenvalue weighted by atomic mass is 19.1. The lowest BCUT2D eigenvalue weighted by Gasteiger charge is -2.22. The molecule has 0 bridgehead atoms. The van der Waals surface area contributed by atoms with Gasteiger partial charge in [-0.25, -0.2) is 9.07 Å². The summed E-state index contributed by atoms with van der Waals surface area (Å²) in [5.74, 6) is -0.512. The van der Waals surface area contributed by atoms with Crippen molar-refractivity contribution in [3.8, 4) is 5.75 Å². The number of amides is 1. The highest BCUT2D eigenvalue weighted by molar-refractivity contribution is 6.03. The molecule has 2 fully saturated rings. The van der Waals surface area contributed by atoms with E-state index >= 15 is 0 Å². The highest BCUT2D eigenvalue weighted by Crippen LogP contribution is 2.27. The summed E-state index contributed by atoms with van der Waals surface area (Å²) in [4.78, 5) is 12.6. The van der Waals surface area contributed by atoms with Gasteiger partial charge in [0, 0.05) is 12.7 Å². The molecule has 3 heterocycles. The minimum Gasteiger partial charge on any atom is -0.489 e. The van der Waals surface area contributed by atoms with E-state index in [-0.39, 0.29) is 23.5 Å². The second-order valence-electron chi connectivity index (χ2n) is 7.11. The van der Waals surface area contributed by atoms with Crippen LogP contribution in [0.2, 0.25) is 0 Å². The number of nitrogens with one attached hydrogen (secondary N) is 2. The molecule has 2 aliphatic heterocycles. The van der Waals surface area contributed by atoms with Crippen molar-refractivity contribution in [2.24, 2.45) is 0 Å². The third kappa shape index (κ3) is 4.48. The molecule has 2 aromatic rings. The Morgan fingerprint density at radius 1 is 1.36 bits per heavy atom. The van der Waals surface area contributed by atoms with Crippen LogP contribution in [0.25, 0.3) is 0 Å². The van der Waals surface area contributed by atoms with E-state index in [4.69, 9.17) is 9.47 Å². The molecule has 150 valence electrons. The Morgan fingerprint density at radius 2 is 2.21 bits per heavy atom. The van der Waals surface area contributed by atoms with Gasteiger partial charge >= 0.3 is 0 Å². The monoisotopic (exact) mass is 389 g/mol. The van der Waals surface area contributed by atoms with Gasteiger partial charge in [-0.1, -0.05) is 5.21 Å². The molecule has 28 heavy (non-hydrogen) atoms. The first-order valence-corrected chi connectivity index (χ1v) is 9.67. The van der Waals surface area contributed by atoms with Crippen LogP contribution in [0.5, 0.6) is 5.75 Å². The summed E-state index contributed by atoms with van der Waals surface area (Å²) in [5.41, 5.74) is 0.451. The summed E-state index contributed by atoms with van der Waals surface area (Å²) in [5, 5.41) is 14.0. The maximum atomic E-state index is 13.7. The lowest BCUT2D eigenvalue weighted by molar-refractivity contribution is 0.0681. The van der Waals surface area contributed by atoms with Crippen molar-refractivity contribution < 1.29 is 18.7 Å². The van der Waals surface area contributed by atoms with E-state index in [1.807, 2.05) is 0 Å². The molecule has 2 aliphatic rings. The van der Waals surface area contributed by atoms with Crippen molar-refractivity contribution in [2.45, 2.75) is 37.8 Å². The number of ether oxygens (including phenoxy) is 2. The fourth-order valence-corrected chi connectivity index (χ4v) is 3.50. The average molecular weight is 389 g/mol. The predicted octanol–water partition coefficient (Wildman–Crippen LogP) is 2.15. The van der Waals surface area contributed by atoms with Gasteiger partial charge in [0.15, 0.2) is 5.69 Å². The van der Waals surface area contributed by atoms with Gasteiger partial charge < -0.3 is 20.1 Å². The van der Waals surface area contributed by atoms with Gasteiger partial charge in [-0.2, -0.15) is 0 Å². The molecule has 1 aromatic carbocycles. The van der Waals surface area contributed by atoms with Crippen LogP contribution >= 0.6 is 0 Å². The van der Waals surface area contributed by atoms with Crippen molar-refractivity contribution in [1.29, 1.82) is 0 Å². The van der Waals surface area contributed by atoms with Crippen LogP contribution in [0, 0.1) is 5.82 Å². The van der Waals surface area contributed by atoms with Crippen LogP contribution in [-0.2, 0) is 4.74 Å². The fraction of sp³-hybridized carbons (Fsp3) is 0.526. The number of rotatable bonds is 6. The van der Waals surface area contributed by atoms with Crippen LogP contribution in [0.1, 0.15) is 42.2 Å². The Balaban J connectivity index is 1.43. The summed E-state index contributed by atoms with van der Waals surface area (Å²) in [7, 11) is 0. The smallest absolute Gasteiger partial charge is 0.277 e. The number of carbonyl (C=O) groups is 1. The number of benzene rings is 1. The predicted molar refractivity (Wildman–Crippen MR) is 100.0 cm³/mol. The lowest BCUT2D eigenvalue weighted by atomic mass is 10.1. The number of hydrogen-bond donors (Lipinski definition) is 2. The second kappa shape index (κ2) is 8.66. The maximum absolute atomic E-state index is 13.7. The third-order valence-electron chi connectivity index (χ3n) is 5.06. The van der Waals surface area contributed by atoms with Crippen LogP contribution in [-0.4, -0.2) is 53.3 Å². The molecule has 2 N–H and O–H groups in total. The minimum atomic E-state index is -0.460. The first-order chi connectivity index (χ1) is 13.7. The van der Waals surface area contributed by atoms with E-state index in [2.05, 4.69) is 20.9 Å². The number of halogens is 1. The van der Waals surface area contributed by atoms with Crippen LogP contribution in [0.3, 0.4) is 0 Å². The Labute approximate surface area is 162 Å². The molecule has 0 saturated carbocycles. The molecule has 0 aliphatic carbocycles. The van der Waals surface area contributed by atoms with E-state index in [9.17, 15) is 9.18 Å². The van der Waals surface area contributed by atoms with Crippen molar-refractivity contribution in [2.75, 3.05) is 31.6 Å². The van der Waals surface area contributed by atoms with Gasteiger partial charge in [-0.15, -0.1) is 5.10 Å². The molecular weight excluding hydrogens is 365 g/mol. The number of piperidine rings is 1. The number of hydrogen-bond acceptors (Lipinski definition) is 6. The fourth-order valence-electron chi connectivity index (χ4n) is 3.50.